The molecule has 2 aromatic rings. The molecule has 1 aromatic carbocycles. The van der Waals surface area contributed by atoms with Crippen LogP contribution in [-0.2, 0) is 16.1 Å². The second-order valence-electron chi connectivity index (χ2n) is 6.34. The Bertz CT molecular complexity index is 788. The van der Waals surface area contributed by atoms with Gasteiger partial charge in [0.05, 0.1) is 16.6 Å². The Labute approximate surface area is 149 Å². The predicted octanol–water partition coefficient (Wildman–Crippen LogP) is 1.84. The molecule has 1 saturated heterocycles. The lowest BCUT2D eigenvalue weighted by atomic mass is 10.1. The number of hydrogen-bond acceptors (Lipinski definition) is 4. The number of rotatable bonds is 4. The summed E-state index contributed by atoms with van der Waals surface area (Å²) in [7, 11) is 0. The minimum absolute atomic E-state index is 0.140. The van der Waals surface area contributed by atoms with Crippen LogP contribution in [0.3, 0.4) is 0 Å². The summed E-state index contributed by atoms with van der Waals surface area (Å²) in [6.07, 6.45) is 1.62. The van der Waals surface area contributed by atoms with Gasteiger partial charge in [-0.1, -0.05) is 0 Å². The average Bonchev–Trinajstić information content (AvgIpc) is 3.04. The number of nitrogens with zero attached hydrogens (tertiary/aromatic N) is 1. The number of amides is 2. The van der Waals surface area contributed by atoms with Crippen molar-refractivity contribution >= 4 is 23.6 Å². The molecule has 1 aromatic heterocycles. The number of halogens is 1. The molecule has 0 aliphatic carbocycles. The Morgan fingerprint density at radius 2 is 2.12 bits per heavy atom. The van der Waals surface area contributed by atoms with Gasteiger partial charge in [0.25, 0.3) is 0 Å². The molecule has 132 valence electrons. The van der Waals surface area contributed by atoms with E-state index in [4.69, 9.17) is 0 Å². The molecule has 0 spiro atoms. The smallest absolute Gasteiger partial charge is 0.243 e. The van der Waals surface area contributed by atoms with Crippen LogP contribution in [0.1, 0.15) is 19.4 Å². The van der Waals surface area contributed by atoms with Gasteiger partial charge in [0.1, 0.15) is 11.9 Å². The first-order chi connectivity index (χ1) is 11.9. The fourth-order valence-electron chi connectivity index (χ4n) is 2.49. The van der Waals surface area contributed by atoms with Crippen LogP contribution < -0.4 is 10.6 Å². The molecule has 1 unspecified atom stereocenters. The molecule has 6 nitrogen and oxygen atoms in total. The van der Waals surface area contributed by atoms with Crippen molar-refractivity contribution in [1.29, 1.82) is 0 Å². The minimum Gasteiger partial charge on any atom is -0.350 e. The van der Waals surface area contributed by atoms with Crippen LogP contribution in [0, 0.1) is 5.82 Å². The van der Waals surface area contributed by atoms with Gasteiger partial charge in [-0.25, -0.2) is 4.39 Å². The SMILES string of the molecule is CC1(C)SCC(C(=O)NCc2cn[nH]c2-c2ccc(F)cc2)NC1=O. The fourth-order valence-corrected chi connectivity index (χ4v) is 3.50. The van der Waals surface area contributed by atoms with E-state index in [1.165, 1.54) is 23.9 Å². The Balaban J connectivity index is 1.63. The first kappa shape index (κ1) is 17.5. The predicted molar refractivity (Wildman–Crippen MR) is 94.3 cm³/mol. The fraction of sp³-hybridized carbons (Fsp3) is 0.353. The standard InChI is InChI=1S/C17H19FN4O2S/c1-17(2)16(24)21-13(9-25-17)15(23)19-7-11-8-20-22-14(11)10-3-5-12(18)6-4-10/h3-6,8,13H,7,9H2,1-2H3,(H,19,23)(H,20,22)(H,21,24). The maximum atomic E-state index is 13.1. The van der Waals surface area contributed by atoms with Crippen LogP contribution in [0.15, 0.2) is 30.5 Å². The summed E-state index contributed by atoms with van der Waals surface area (Å²) in [4.78, 5) is 24.3. The summed E-state index contributed by atoms with van der Waals surface area (Å²) >= 11 is 1.46. The van der Waals surface area contributed by atoms with Gasteiger partial charge >= 0.3 is 0 Å². The van der Waals surface area contributed by atoms with E-state index in [0.717, 1.165) is 16.8 Å². The number of H-pyrrole nitrogens is 1. The molecule has 25 heavy (non-hydrogen) atoms. The number of aromatic amines is 1. The summed E-state index contributed by atoms with van der Waals surface area (Å²) in [5.74, 6) is -0.158. The Morgan fingerprint density at radius 3 is 2.80 bits per heavy atom. The van der Waals surface area contributed by atoms with Crippen molar-refractivity contribution < 1.29 is 14.0 Å². The first-order valence-electron chi connectivity index (χ1n) is 7.87. The summed E-state index contributed by atoms with van der Waals surface area (Å²) in [6, 6.07) is 5.49. The molecular formula is C17H19FN4O2S. The molecule has 1 aliphatic rings. The zero-order valence-corrected chi connectivity index (χ0v) is 14.7. The zero-order chi connectivity index (χ0) is 18.0. The van der Waals surface area contributed by atoms with Crippen molar-refractivity contribution in [3.8, 4) is 11.3 Å². The van der Waals surface area contributed by atoms with Crippen molar-refractivity contribution in [3.05, 3.63) is 41.8 Å². The van der Waals surface area contributed by atoms with E-state index in [2.05, 4.69) is 20.8 Å². The molecule has 0 saturated carbocycles. The lowest BCUT2D eigenvalue weighted by molar-refractivity contribution is -0.129. The topological polar surface area (TPSA) is 86.9 Å². The van der Waals surface area contributed by atoms with Gasteiger partial charge in [0.15, 0.2) is 0 Å². The number of carbonyl (C=O) groups excluding carboxylic acids is 2. The van der Waals surface area contributed by atoms with E-state index < -0.39 is 10.8 Å². The largest absolute Gasteiger partial charge is 0.350 e. The van der Waals surface area contributed by atoms with E-state index in [9.17, 15) is 14.0 Å². The molecule has 1 aliphatic heterocycles. The third-order valence-corrected chi connectivity index (χ3v) is 5.49. The van der Waals surface area contributed by atoms with Crippen molar-refractivity contribution in [1.82, 2.24) is 20.8 Å². The van der Waals surface area contributed by atoms with E-state index in [1.807, 2.05) is 13.8 Å². The Kier molecular flexibility index (Phi) is 4.80. The van der Waals surface area contributed by atoms with E-state index in [1.54, 1.807) is 18.3 Å². The zero-order valence-electron chi connectivity index (χ0n) is 13.9. The summed E-state index contributed by atoms with van der Waals surface area (Å²) in [6.45, 7) is 3.94. The van der Waals surface area contributed by atoms with Crippen molar-refractivity contribution in [2.24, 2.45) is 0 Å². The maximum Gasteiger partial charge on any atom is 0.243 e. The number of hydrogen-bond donors (Lipinski definition) is 3. The van der Waals surface area contributed by atoms with Gasteiger partial charge < -0.3 is 10.6 Å². The molecular weight excluding hydrogens is 343 g/mol. The van der Waals surface area contributed by atoms with Crippen LogP contribution in [0.25, 0.3) is 11.3 Å². The van der Waals surface area contributed by atoms with Crippen LogP contribution >= 0.6 is 11.8 Å². The molecule has 1 atom stereocenters. The second-order valence-corrected chi connectivity index (χ2v) is 7.98. The summed E-state index contributed by atoms with van der Waals surface area (Å²) in [5.41, 5.74) is 2.30. The van der Waals surface area contributed by atoms with Crippen LogP contribution in [0.2, 0.25) is 0 Å². The number of nitrogens with one attached hydrogen (secondary N) is 3. The monoisotopic (exact) mass is 362 g/mol. The van der Waals surface area contributed by atoms with Gasteiger partial charge in [-0.15, -0.1) is 11.8 Å². The lowest BCUT2D eigenvalue weighted by Crippen LogP contribution is -2.57. The van der Waals surface area contributed by atoms with E-state index in [-0.39, 0.29) is 24.2 Å². The van der Waals surface area contributed by atoms with Crippen molar-refractivity contribution in [3.63, 3.8) is 0 Å². The second kappa shape index (κ2) is 6.87. The molecule has 3 N–H and O–H groups in total. The normalized spacial score (nSPS) is 19.3. The van der Waals surface area contributed by atoms with E-state index in [0.29, 0.717) is 5.75 Å². The number of thioether (sulfide) groups is 1. The summed E-state index contributed by atoms with van der Waals surface area (Å²) < 4.78 is 12.5. The van der Waals surface area contributed by atoms with Gasteiger partial charge in [0, 0.05) is 23.4 Å². The number of carbonyl (C=O) groups is 2. The molecule has 0 radical (unpaired) electrons. The van der Waals surface area contributed by atoms with Crippen molar-refractivity contribution in [2.45, 2.75) is 31.2 Å². The van der Waals surface area contributed by atoms with Gasteiger partial charge in [0.2, 0.25) is 11.8 Å². The van der Waals surface area contributed by atoms with Crippen molar-refractivity contribution in [2.75, 3.05) is 5.75 Å². The minimum atomic E-state index is -0.549. The molecule has 1 fully saturated rings. The Hall–Kier alpha value is -2.35. The summed E-state index contributed by atoms with van der Waals surface area (Å²) in [5, 5.41) is 12.4. The number of benzene rings is 1. The van der Waals surface area contributed by atoms with Gasteiger partial charge in [-0.05, 0) is 38.1 Å². The maximum absolute atomic E-state index is 13.1. The molecule has 2 amide bonds. The lowest BCUT2D eigenvalue weighted by Gasteiger charge is -2.32. The van der Waals surface area contributed by atoms with Gasteiger partial charge in [-0.2, -0.15) is 5.10 Å². The highest BCUT2D eigenvalue weighted by Gasteiger charge is 2.37. The van der Waals surface area contributed by atoms with Crippen LogP contribution in [0.4, 0.5) is 4.39 Å². The first-order valence-corrected chi connectivity index (χ1v) is 8.86. The van der Waals surface area contributed by atoms with Gasteiger partial charge in [-0.3, -0.25) is 14.7 Å². The molecule has 8 heteroatoms. The Morgan fingerprint density at radius 1 is 1.40 bits per heavy atom. The highest BCUT2D eigenvalue weighted by molar-refractivity contribution is 8.01. The third-order valence-electron chi connectivity index (χ3n) is 4.08. The number of aromatic nitrogens is 2. The third kappa shape index (κ3) is 3.84. The highest BCUT2D eigenvalue weighted by Crippen LogP contribution is 2.29. The quantitative estimate of drug-likeness (QED) is 0.775. The van der Waals surface area contributed by atoms with Crippen LogP contribution in [-0.4, -0.2) is 38.6 Å². The highest BCUT2D eigenvalue weighted by atomic mass is 32.2. The van der Waals surface area contributed by atoms with Crippen LogP contribution in [0.5, 0.6) is 0 Å². The molecule has 0 bridgehead atoms. The molecule has 2 heterocycles. The van der Waals surface area contributed by atoms with E-state index >= 15 is 0 Å². The molecule has 3 rings (SSSR count). The average molecular weight is 362 g/mol.